The Bertz CT molecular complexity index is 398. The van der Waals surface area contributed by atoms with Crippen molar-refractivity contribution in [3.63, 3.8) is 0 Å². The number of rotatable bonds is 11. The molecule has 0 saturated carbocycles. The van der Waals surface area contributed by atoms with Gasteiger partial charge in [0, 0.05) is 17.4 Å². The highest BCUT2D eigenvalue weighted by Crippen LogP contribution is 2.20. The zero-order valence-electron chi connectivity index (χ0n) is 14.2. The van der Waals surface area contributed by atoms with Crippen LogP contribution in [-0.2, 0) is 28.6 Å². The molecule has 0 radical (unpaired) electrons. The van der Waals surface area contributed by atoms with Crippen LogP contribution in [0.4, 0.5) is 0 Å². The quantitative estimate of drug-likeness (QED) is 0.279. The number of aliphatic hydroxyl groups is 1. The lowest BCUT2D eigenvalue weighted by atomic mass is 9.92. The maximum Gasteiger partial charge on any atom is 0.306 e. The van der Waals surface area contributed by atoms with Gasteiger partial charge in [-0.3, -0.25) is 14.4 Å². The second-order valence-corrected chi connectivity index (χ2v) is 7.63. The van der Waals surface area contributed by atoms with Crippen molar-refractivity contribution in [1.82, 2.24) is 0 Å². The van der Waals surface area contributed by atoms with Gasteiger partial charge in [-0.15, -0.1) is 0 Å². The van der Waals surface area contributed by atoms with E-state index in [4.69, 9.17) is 14.2 Å². The van der Waals surface area contributed by atoms with Crippen LogP contribution in [0.5, 0.6) is 0 Å². The highest BCUT2D eigenvalue weighted by Gasteiger charge is 2.35. The summed E-state index contributed by atoms with van der Waals surface area (Å²) >= 11 is 8.20. The molecular weight excluding hydrogens is 356 g/mol. The predicted molar refractivity (Wildman–Crippen MR) is 94.2 cm³/mol. The third-order valence-electron chi connectivity index (χ3n) is 2.92. The van der Waals surface area contributed by atoms with Gasteiger partial charge in [-0.2, -0.15) is 25.3 Å². The van der Waals surface area contributed by atoms with Crippen LogP contribution in [0.2, 0.25) is 0 Å². The number of thiol groups is 2. The molecule has 0 aromatic heterocycles. The first-order chi connectivity index (χ1) is 11.1. The lowest BCUT2D eigenvalue weighted by molar-refractivity contribution is -0.164. The lowest BCUT2D eigenvalue weighted by Crippen LogP contribution is -2.42. The second-order valence-electron chi connectivity index (χ2n) is 5.87. The summed E-state index contributed by atoms with van der Waals surface area (Å²) in [5, 5.41) is 9.32. The molecule has 2 atom stereocenters. The summed E-state index contributed by atoms with van der Waals surface area (Å²) in [6.45, 7) is 3.46. The van der Waals surface area contributed by atoms with E-state index in [1.54, 1.807) is 13.8 Å². The lowest BCUT2D eigenvalue weighted by Gasteiger charge is -2.30. The first-order valence-electron chi connectivity index (χ1n) is 7.52. The fraction of sp³-hybridized carbons (Fsp3) is 0.800. The van der Waals surface area contributed by atoms with Crippen LogP contribution >= 0.6 is 25.3 Å². The average molecular weight is 383 g/mol. The minimum Gasteiger partial charge on any atom is -0.465 e. The van der Waals surface area contributed by atoms with E-state index in [2.05, 4.69) is 25.3 Å². The van der Waals surface area contributed by atoms with E-state index < -0.39 is 29.9 Å². The van der Waals surface area contributed by atoms with Gasteiger partial charge in [0.2, 0.25) is 0 Å². The molecule has 0 heterocycles. The smallest absolute Gasteiger partial charge is 0.306 e. The van der Waals surface area contributed by atoms with Gasteiger partial charge in [0.25, 0.3) is 0 Å². The van der Waals surface area contributed by atoms with Crippen molar-refractivity contribution in [1.29, 1.82) is 0 Å². The Morgan fingerprint density at radius 2 is 1.29 bits per heavy atom. The molecule has 0 fully saturated rings. The largest absolute Gasteiger partial charge is 0.465 e. The summed E-state index contributed by atoms with van der Waals surface area (Å²) in [5.41, 5.74) is -1.21. The maximum atomic E-state index is 11.7. The van der Waals surface area contributed by atoms with Crippen LogP contribution in [0.1, 0.15) is 33.6 Å². The topological polar surface area (TPSA) is 99.1 Å². The zero-order chi connectivity index (χ0) is 18.8. The molecule has 7 nitrogen and oxygen atoms in total. The highest BCUT2D eigenvalue weighted by molar-refractivity contribution is 7.81. The van der Waals surface area contributed by atoms with Gasteiger partial charge < -0.3 is 19.3 Å². The van der Waals surface area contributed by atoms with Crippen LogP contribution < -0.4 is 0 Å². The summed E-state index contributed by atoms with van der Waals surface area (Å²) in [5.74, 6) is -1.57. The normalized spacial score (nSPS) is 15.8. The number of hydrogen-bond acceptors (Lipinski definition) is 9. The van der Waals surface area contributed by atoms with E-state index in [0.29, 0.717) is 0 Å². The SMILES string of the molecule is CC(=O)OCC(CO)(COC(=O)CC(C)S)COC(=O)CC(C)S. The van der Waals surface area contributed by atoms with Gasteiger partial charge in [-0.05, 0) is 0 Å². The minimum atomic E-state index is -1.21. The number of carbonyl (C=O) groups is 3. The Balaban J connectivity index is 4.81. The van der Waals surface area contributed by atoms with Crippen molar-refractivity contribution < 1.29 is 33.7 Å². The molecule has 0 amide bonds. The molecule has 0 spiro atoms. The van der Waals surface area contributed by atoms with E-state index in [-0.39, 0.29) is 43.2 Å². The second kappa shape index (κ2) is 11.6. The summed E-state index contributed by atoms with van der Waals surface area (Å²) < 4.78 is 15.1. The average Bonchev–Trinajstić information content (AvgIpc) is 2.45. The highest BCUT2D eigenvalue weighted by atomic mass is 32.1. The number of esters is 3. The summed E-state index contributed by atoms with van der Waals surface area (Å²) in [7, 11) is 0. The molecule has 9 heteroatoms. The van der Waals surface area contributed by atoms with E-state index in [0.717, 1.165) is 0 Å². The summed E-state index contributed by atoms with van der Waals surface area (Å²) in [4.78, 5) is 34.4. The molecule has 24 heavy (non-hydrogen) atoms. The van der Waals surface area contributed by atoms with E-state index in [1.807, 2.05) is 0 Å². The Morgan fingerprint density at radius 1 is 0.917 bits per heavy atom. The van der Waals surface area contributed by atoms with Gasteiger partial charge >= 0.3 is 17.9 Å². The molecular formula is C15H26O7S2. The van der Waals surface area contributed by atoms with Crippen molar-refractivity contribution in [2.24, 2.45) is 5.41 Å². The molecule has 0 rings (SSSR count). The number of ether oxygens (including phenoxy) is 3. The molecule has 2 unspecified atom stereocenters. The van der Waals surface area contributed by atoms with Crippen LogP contribution in [0.3, 0.4) is 0 Å². The van der Waals surface area contributed by atoms with Crippen LogP contribution in [-0.4, -0.2) is 59.9 Å². The minimum absolute atomic E-state index is 0.0924. The molecule has 0 bridgehead atoms. The molecule has 0 aliphatic rings. The van der Waals surface area contributed by atoms with Gasteiger partial charge in [0.1, 0.15) is 19.8 Å². The first kappa shape index (κ1) is 23.1. The Morgan fingerprint density at radius 3 is 1.58 bits per heavy atom. The molecule has 140 valence electrons. The van der Waals surface area contributed by atoms with Crippen molar-refractivity contribution in [2.45, 2.75) is 44.1 Å². The van der Waals surface area contributed by atoms with Crippen LogP contribution in [0, 0.1) is 5.41 Å². The van der Waals surface area contributed by atoms with Gasteiger partial charge in [0.15, 0.2) is 0 Å². The summed E-state index contributed by atoms with van der Waals surface area (Å²) in [6, 6.07) is 0. The zero-order valence-corrected chi connectivity index (χ0v) is 16.0. The van der Waals surface area contributed by atoms with Gasteiger partial charge in [0.05, 0.1) is 24.9 Å². The van der Waals surface area contributed by atoms with Crippen molar-refractivity contribution in [2.75, 3.05) is 26.4 Å². The van der Waals surface area contributed by atoms with Gasteiger partial charge in [-0.1, -0.05) is 13.8 Å². The molecule has 0 aromatic carbocycles. The molecule has 0 aromatic rings. The third kappa shape index (κ3) is 10.8. The fourth-order valence-electron chi connectivity index (χ4n) is 1.58. The van der Waals surface area contributed by atoms with E-state index in [1.165, 1.54) is 6.92 Å². The number of aliphatic hydroxyl groups excluding tert-OH is 1. The molecule has 1 N–H and O–H groups in total. The monoisotopic (exact) mass is 382 g/mol. The van der Waals surface area contributed by atoms with Crippen LogP contribution in [0.15, 0.2) is 0 Å². The third-order valence-corrected chi connectivity index (χ3v) is 3.29. The number of carbonyl (C=O) groups excluding carboxylic acids is 3. The van der Waals surface area contributed by atoms with E-state index in [9.17, 15) is 19.5 Å². The molecule has 0 aliphatic carbocycles. The van der Waals surface area contributed by atoms with Crippen LogP contribution in [0.25, 0.3) is 0 Å². The van der Waals surface area contributed by atoms with Crippen molar-refractivity contribution in [3.05, 3.63) is 0 Å². The Hall–Kier alpha value is -0.930. The van der Waals surface area contributed by atoms with Crippen molar-refractivity contribution in [3.8, 4) is 0 Å². The standard InChI is InChI=1S/C15H26O7S2/c1-10(23)4-13(18)21-8-15(6-16,7-20-12(3)17)9-22-14(19)5-11(2)24/h10-11,16,23-24H,4-9H2,1-3H3. The first-order valence-corrected chi connectivity index (χ1v) is 8.55. The summed E-state index contributed by atoms with van der Waals surface area (Å²) in [6.07, 6.45) is 0.185. The van der Waals surface area contributed by atoms with Gasteiger partial charge in [-0.25, -0.2) is 0 Å². The molecule has 0 aliphatic heterocycles. The maximum absolute atomic E-state index is 11.7. The number of hydrogen-bond donors (Lipinski definition) is 3. The Labute approximate surface area is 153 Å². The van der Waals surface area contributed by atoms with E-state index >= 15 is 0 Å². The fourth-order valence-corrected chi connectivity index (χ4v) is 1.88. The van der Waals surface area contributed by atoms with Crippen molar-refractivity contribution >= 4 is 43.2 Å². The Kier molecular flexibility index (Phi) is 11.1. The predicted octanol–water partition coefficient (Wildman–Crippen LogP) is 1.03. The molecule has 0 saturated heterocycles.